The minimum atomic E-state index is -0.650. The molecule has 17 heavy (non-hydrogen) atoms. The Kier molecular flexibility index (Phi) is 2.97. The second-order valence-corrected chi connectivity index (χ2v) is 4.93. The Balaban J connectivity index is 2.17. The largest absolute Gasteiger partial charge is 0.379 e. The van der Waals surface area contributed by atoms with Crippen LogP contribution in [0, 0.1) is 19.3 Å². The minimum Gasteiger partial charge on any atom is -0.379 e. The molecule has 0 radical (unpaired) electrons. The van der Waals surface area contributed by atoms with E-state index in [1.807, 2.05) is 32.9 Å². The fraction of sp³-hybridized carbons (Fsp3) is 0.583. The molecule has 1 amide bonds. The molecule has 2 unspecified atom stereocenters. The highest BCUT2D eigenvalue weighted by Gasteiger charge is 2.44. The molecule has 1 aliphatic heterocycles. The number of aromatic nitrogens is 1. The van der Waals surface area contributed by atoms with Crippen molar-refractivity contribution in [3.8, 4) is 0 Å². The summed E-state index contributed by atoms with van der Waals surface area (Å²) in [6.45, 7) is 6.54. The predicted octanol–water partition coefficient (Wildman–Crippen LogP) is 0.539. The molecule has 3 N–H and O–H groups in total. The third-order valence-electron chi connectivity index (χ3n) is 3.52. The number of carbonyl (C=O) groups is 1. The van der Waals surface area contributed by atoms with Gasteiger partial charge in [-0.3, -0.25) is 14.9 Å². The van der Waals surface area contributed by atoms with Gasteiger partial charge in [0.2, 0.25) is 5.91 Å². The second-order valence-electron chi connectivity index (χ2n) is 4.93. The Morgan fingerprint density at radius 1 is 1.53 bits per heavy atom. The molecular formula is C12H19N3O2. The Morgan fingerprint density at radius 2 is 2.12 bits per heavy atom. The Bertz CT molecular complexity index is 421. The molecule has 5 heteroatoms. The molecule has 94 valence electrons. The maximum absolute atomic E-state index is 12.3. The molecule has 1 fully saturated rings. The number of aryl methyl sites for hydroxylation is 2. The van der Waals surface area contributed by atoms with Crippen molar-refractivity contribution in [1.82, 2.24) is 4.68 Å². The Hall–Kier alpha value is -1.33. The smallest absolute Gasteiger partial charge is 0.248 e. The zero-order valence-corrected chi connectivity index (χ0v) is 10.5. The number of rotatable bonds is 2. The third-order valence-corrected chi connectivity index (χ3v) is 3.52. The number of hydrogen-bond acceptors (Lipinski definition) is 3. The summed E-state index contributed by atoms with van der Waals surface area (Å²) in [4.78, 5) is 12.3. The van der Waals surface area contributed by atoms with Crippen molar-refractivity contribution in [2.75, 3.05) is 18.6 Å². The first kappa shape index (κ1) is 12.1. The topological polar surface area (TPSA) is 69.3 Å². The van der Waals surface area contributed by atoms with Crippen molar-refractivity contribution < 1.29 is 9.53 Å². The number of carbonyl (C=O) groups excluding carboxylic acids is 1. The fourth-order valence-electron chi connectivity index (χ4n) is 2.00. The zero-order chi connectivity index (χ0) is 12.6. The number of nitrogens with two attached hydrogens (primary N) is 1. The van der Waals surface area contributed by atoms with Crippen LogP contribution in [0.2, 0.25) is 0 Å². The van der Waals surface area contributed by atoms with Gasteiger partial charge in [0.15, 0.2) is 0 Å². The lowest BCUT2D eigenvalue weighted by Gasteiger charge is -2.26. The number of amides is 1. The number of hydrogen-bond donors (Lipinski definition) is 2. The molecule has 5 nitrogen and oxygen atoms in total. The molecule has 0 aromatic carbocycles. The maximum Gasteiger partial charge on any atom is 0.248 e. The maximum atomic E-state index is 12.3. The van der Waals surface area contributed by atoms with Crippen LogP contribution in [0.3, 0.4) is 0 Å². The minimum absolute atomic E-state index is 0.0927. The van der Waals surface area contributed by atoms with E-state index in [-0.39, 0.29) is 11.9 Å². The van der Waals surface area contributed by atoms with Gasteiger partial charge in [-0.05, 0) is 32.9 Å². The number of nitrogens with one attached hydrogen (secondary N) is 1. The number of ether oxygens (including phenoxy) is 1. The van der Waals surface area contributed by atoms with E-state index in [2.05, 4.69) is 5.43 Å². The van der Waals surface area contributed by atoms with Crippen LogP contribution in [0.25, 0.3) is 0 Å². The van der Waals surface area contributed by atoms with Gasteiger partial charge >= 0.3 is 0 Å². The normalized spacial score (nSPS) is 28.4. The summed E-state index contributed by atoms with van der Waals surface area (Å²) in [7, 11) is 0. The Morgan fingerprint density at radius 3 is 2.59 bits per heavy atom. The van der Waals surface area contributed by atoms with Crippen LogP contribution in [-0.4, -0.2) is 29.8 Å². The molecule has 2 atom stereocenters. The molecule has 1 saturated heterocycles. The van der Waals surface area contributed by atoms with Crippen LogP contribution in [0.4, 0.5) is 0 Å². The summed E-state index contributed by atoms with van der Waals surface area (Å²) in [5.74, 6) is -0.0927. The van der Waals surface area contributed by atoms with Gasteiger partial charge < -0.3 is 10.5 Å². The van der Waals surface area contributed by atoms with Crippen molar-refractivity contribution in [3.63, 3.8) is 0 Å². The summed E-state index contributed by atoms with van der Waals surface area (Å²) in [6, 6.07) is 3.67. The van der Waals surface area contributed by atoms with Gasteiger partial charge in [0, 0.05) is 17.4 Å². The summed E-state index contributed by atoms with van der Waals surface area (Å²) in [6.07, 6.45) is 0. The van der Waals surface area contributed by atoms with Gasteiger partial charge in [0.05, 0.1) is 18.6 Å². The molecule has 0 spiro atoms. The van der Waals surface area contributed by atoms with Gasteiger partial charge in [-0.15, -0.1) is 0 Å². The van der Waals surface area contributed by atoms with Crippen molar-refractivity contribution in [3.05, 3.63) is 23.5 Å². The predicted molar refractivity (Wildman–Crippen MR) is 65.2 cm³/mol. The van der Waals surface area contributed by atoms with E-state index in [0.29, 0.717) is 13.2 Å². The van der Waals surface area contributed by atoms with Gasteiger partial charge in [-0.25, -0.2) is 0 Å². The van der Waals surface area contributed by atoms with E-state index in [0.717, 1.165) is 11.4 Å². The van der Waals surface area contributed by atoms with E-state index in [1.54, 1.807) is 4.68 Å². The van der Waals surface area contributed by atoms with E-state index >= 15 is 0 Å². The summed E-state index contributed by atoms with van der Waals surface area (Å²) >= 11 is 0. The van der Waals surface area contributed by atoms with E-state index in [1.165, 1.54) is 0 Å². The molecular weight excluding hydrogens is 218 g/mol. The van der Waals surface area contributed by atoms with Crippen molar-refractivity contribution in [2.24, 2.45) is 11.1 Å². The van der Waals surface area contributed by atoms with Crippen molar-refractivity contribution >= 4 is 5.91 Å². The van der Waals surface area contributed by atoms with Crippen LogP contribution in [0.15, 0.2) is 12.1 Å². The summed E-state index contributed by atoms with van der Waals surface area (Å²) < 4.78 is 7.05. The van der Waals surface area contributed by atoms with Crippen LogP contribution in [0.1, 0.15) is 18.3 Å². The third kappa shape index (κ3) is 1.96. The quantitative estimate of drug-likeness (QED) is 0.788. The number of nitrogens with zero attached hydrogens (tertiary/aromatic N) is 1. The molecule has 1 aromatic heterocycles. The molecule has 0 saturated carbocycles. The fourth-order valence-corrected chi connectivity index (χ4v) is 2.00. The summed E-state index contributed by atoms with van der Waals surface area (Å²) in [5, 5.41) is 0. The van der Waals surface area contributed by atoms with E-state index in [4.69, 9.17) is 10.5 Å². The van der Waals surface area contributed by atoms with Gasteiger partial charge in [0.25, 0.3) is 0 Å². The highest BCUT2D eigenvalue weighted by Crippen LogP contribution is 2.27. The van der Waals surface area contributed by atoms with Gasteiger partial charge in [0.1, 0.15) is 0 Å². The molecule has 0 bridgehead atoms. The zero-order valence-electron chi connectivity index (χ0n) is 10.5. The highest BCUT2D eigenvalue weighted by molar-refractivity contribution is 5.90. The van der Waals surface area contributed by atoms with Gasteiger partial charge in [-0.2, -0.15) is 0 Å². The van der Waals surface area contributed by atoms with Crippen LogP contribution >= 0.6 is 0 Å². The molecule has 0 aliphatic carbocycles. The lowest BCUT2D eigenvalue weighted by atomic mass is 9.85. The van der Waals surface area contributed by atoms with E-state index in [9.17, 15) is 4.79 Å². The standard InChI is InChI=1S/C12H19N3O2/c1-8-4-5-9(2)15(8)14-11(16)12(3)7-17-6-10(12)13/h4-5,10H,6-7,13H2,1-3H3,(H,14,16). The first-order valence-corrected chi connectivity index (χ1v) is 5.75. The average Bonchev–Trinajstić information content (AvgIpc) is 2.77. The lowest BCUT2D eigenvalue weighted by molar-refractivity contribution is -0.126. The molecule has 2 heterocycles. The molecule has 2 rings (SSSR count). The monoisotopic (exact) mass is 237 g/mol. The summed E-state index contributed by atoms with van der Waals surface area (Å²) in [5.41, 5.74) is 10.1. The van der Waals surface area contributed by atoms with Crippen LogP contribution < -0.4 is 11.2 Å². The lowest BCUT2D eigenvalue weighted by Crippen LogP contribution is -2.49. The SMILES string of the molecule is Cc1ccc(C)n1NC(=O)C1(C)COCC1N. The van der Waals surface area contributed by atoms with E-state index < -0.39 is 5.41 Å². The van der Waals surface area contributed by atoms with Crippen LogP contribution in [0.5, 0.6) is 0 Å². The first-order chi connectivity index (χ1) is 7.95. The average molecular weight is 237 g/mol. The highest BCUT2D eigenvalue weighted by atomic mass is 16.5. The molecule has 1 aromatic rings. The van der Waals surface area contributed by atoms with Gasteiger partial charge in [-0.1, -0.05) is 0 Å². The second kappa shape index (κ2) is 4.16. The van der Waals surface area contributed by atoms with Crippen LogP contribution in [-0.2, 0) is 9.53 Å². The Labute approximate surface area is 101 Å². The molecule has 1 aliphatic rings. The van der Waals surface area contributed by atoms with Crippen molar-refractivity contribution in [2.45, 2.75) is 26.8 Å². The van der Waals surface area contributed by atoms with Crippen molar-refractivity contribution in [1.29, 1.82) is 0 Å². The first-order valence-electron chi connectivity index (χ1n) is 5.75.